The van der Waals surface area contributed by atoms with E-state index in [2.05, 4.69) is 0 Å². The van der Waals surface area contributed by atoms with Gasteiger partial charge in [-0.3, -0.25) is 16.8 Å². The zero-order valence-electron chi connectivity index (χ0n) is 8.29. The maximum atomic E-state index is 11.5. The number of alkyl halides is 6. The molecule has 0 aromatic rings. The van der Waals surface area contributed by atoms with Crippen molar-refractivity contribution < 1.29 is 62.0 Å². The van der Waals surface area contributed by atoms with Crippen molar-refractivity contribution in [2.75, 3.05) is 0 Å². The molecule has 0 aromatic heterocycles. The summed E-state index contributed by atoms with van der Waals surface area (Å²) in [7, 11) is -12.9. The van der Waals surface area contributed by atoms with Gasteiger partial charge in [-0.15, -0.1) is 0 Å². The maximum Gasteiger partial charge on any atom is 1.00 e. The van der Waals surface area contributed by atoms with E-state index in [0.29, 0.717) is 0 Å². The standard InChI is InChI=1S/C3HF6O4S2.2Li/c4-2(5,6)14(10,11)1-15(12,13)3(7,8)9;;/h1H;;/q-1;;+1. The van der Waals surface area contributed by atoms with Crippen LogP contribution in [0.25, 0.3) is 0 Å². The zero-order chi connectivity index (χ0) is 12.7. The zero-order valence-corrected chi connectivity index (χ0v) is 9.93. The molecule has 4 nitrogen and oxygen atoms in total. The van der Waals surface area contributed by atoms with Crippen molar-refractivity contribution in [3.8, 4) is 0 Å². The monoisotopic (exact) mass is 293 g/mol. The molecule has 0 spiro atoms. The Balaban J connectivity index is -0.000000980. The molecule has 0 aromatic carbocycles. The summed E-state index contributed by atoms with van der Waals surface area (Å²) in [6, 6.07) is 0. The van der Waals surface area contributed by atoms with Crippen molar-refractivity contribution >= 4 is 38.5 Å². The summed E-state index contributed by atoms with van der Waals surface area (Å²) >= 11 is 0. The number of halogens is 6. The van der Waals surface area contributed by atoms with Gasteiger partial charge < -0.3 is 0 Å². The molecular weight excluding hydrogens is 292 g/mol. The molecule has 93 valence electrons. The van der Waals surface area contributed by atoms with Crippen LogP contribution in [-0.2, 0) is 19.7 Å². The van der Waals surface area contributed by atoms with Crippen LogP contribution in [0, 0.1) is 5.08 Å². The Morgan fingerprint density at radius 1 is 0.706 bits per heavy atom. The second kappa shape index (κ2) is 6.22. The van der Waals surface area contributed by atoms with E-state index in [9.17, 15) is 43.2 Å². The molecule has 17 heavy (non-hydrogen) atoms. The second-order valence-electron chi connectivity index (χ2n) is 2.08. The Bertz CT molecular complexity index is 391. The minimum atomic E-state index is -6.47. The van der Waals surface area contributed by atoms with Crippen LogP contribution >= 0.6 is 0 Å². The van der Waals surface area contributed by atoms with Gasteiger partial charge in [0.15, 0.2) is 0 Å². The Morgan fingerprint density at radius 2 is 0.882 bits per heavy atom. The number of hydrogen-bond acceptors (Lipinski definition) is 4. The molecule has 0 saturated carbocycles. The first-order valence-corrected chi connectivity index (χ1v) is 5.77. The molecule has 0 aliphatic carbocycles. The van der Waals surface area contributed by atoms with Crippen LogP contribution in [0.5, 0.6) is 0 Å². The van der Waals surface area contributed by atoms with E-state index in [1.54, 1.807) is 0 Å². The summed E-state index contributed by atoms with van der Waals surface area (Å²) in [4.78, 5) is 0. The Labute approximate surface area is 116 Å². The normalized spacial score (nSPS) is 13.5. The molecule has 0 aliphatic heterocycles. The average molecular weight is 293 g/mol. The minimum Gasteiger partial charge on any atom is -0.253 e. The van der Waals surface area contributed by atoms with Gasteiger partial charge in [-0.25, -0.2) is 0 Å². The Morgan fingerprint density at radius 3 is 1.00 bits per heavy atom. The van der Waals surface area contributed by atoms with E-state index in [1.165, 1.54) is 0 Å². The van der Waals surface area contributed by atoms with Gasteiger partial charge in [0.25, 0.3) is 0 Å². The minimum absolute atomic E-state index is 0. The van der Waals surface area contributed by atoms with Crippen LogP contribution in [0.4, 0.5) is 26.3 Å². The van der Waals surface area contributed by atoms with Gasteiger partial charge in [0.05, 0.1) is 0 Å². The summed E-state index contributed by atoms with van der Waals surface area (Å²) < 4.78 is 109. The van der Waals surface area contributed by atoms with Crippen LogP contribution in [0.1, 0.15) is 0 Å². The first-order chi connectivity index (χ1) is 6.21. The first-order valence-electron chi connectivity index (χ1n) is 2.68. The predicted octanol–water partition coefficient (Wildman–Crippen LogP) is -2.40. The largest absolute Gasteiger partial charge is 1.00 e. The molecule has 0 N–H and O–H groups in total. The van der Waals surface area contributed by atoms with E-state index < -0.39 is 35.8 Å². The average Bonchev–Trinajstić information content (AvgIpc) is 1.77. The van der Waals surface area contributed by atoms with Crippen molar-refractivity contribution in [3.05, 3.63) is 5.08 Å². The molecule has 0 heterocycles. The molecule has 0 rings (SSSR count). The molecule has 0 amide bonds. The van der Waals surface area contributed by atoms with Crippen molar-refractivity contribution in [1.29, 1.82) is 0 Å². The van der Waals surface area contributed by atoms with Crippen molar-refractivity contribution in [2.24, 2.45) is 0 Å². The number of sulfone groups is 2. The third-order valence-corrected chi connectivity index (χ3v) is 4.22. The first kappa shape index (κ1) is 22.8. The molecule has 0 atom stereocenters. The van der Waals surface area contributed by atoms with Crippen LogP contribution in [0.3, 0.4) is 0 Å². The van der Waals surface area contributed by atoms with Gasteiger partial charge in [-0.05, 0) is 0 Å². The van der Waals surface area contributed by atoms with Gasteiger partial charge in [-0.1, -0.05) is 5.08 Å². The smallest absolute Gasteiger partial charge is 0.253 e. The maximum absolute atomic E-state index is 11.5. The summed E-state index contributed by atoms with van der Waals surface area (Å²) in [5.74, 6) is 0. The summed E-state index contributed by atoms with van der Waals surface area (Å²) in [6.45, 7) is 0. The van der Waals surface area contributed by atoms with Gasteiger partial charge >= 0.3 is 29.9 Å². The molecule has 1 radical (unpaired) electrons. The van der Waals surface area contributed by atoms with Gasteiger partial charge in [0.2, 0.25) is 0 Å². The van der Waals surface area contributed by atoms with Gasteiger partial charge in [0, 0.05) is 18.9 Å². The Kier molecular flexibility index (Phi) is 8.34. The van der Waals surface area contributed by atoms with E-state index >= 15 is 0 Å². The molecular formula is C3HF6Li2O4S2. The SMILES string of the molecule is O=S(=O)([CH-]S(=O)(=O)C(F)(F)F)C(F)(F)F.[Li+].[Li]. The molecule has 14 heteroatoms. The van der Waals surface area contributed by atoms with E-state index in [-0.39, 0.29) is 37.7 Å². The topological polar surface area (TPSA) is 68.3 Å². The fourth-order valence-electron chi connectivity index (χ4n) is 0.276. The molecule has 0 saturated heterocycles. The van der Waals surface area contributed by atoms with Crippen molar-refractivity contribution in [2.45, 2.75) is 11.0 Å². The van der Waals surface area contributed by atoms with E-state index in [1.807, 2.05) is 0 Å². The Hall–Kier alpha value is 0.675. The number of rotatable bonds is 2. The quantitative estimate of drug-likeness (QED) is 0.323. The van der Waals surface area contributed by atoms with E-state index in [0.717, 1.165) is 0 Å². The van der Waals surface area contributed by atoms with Crippen LogP contribution in [0.2, 0.25) is 0 Å². The third kappa shape index (κ3) is 5.90. The van der Waals surface area contributed by atoms with Crippen LogP contribution in [-0.4, -0.2) is 46.7 Å². The van der Waals surface area contributed by atoms with Crippen LogP contribution in [0.15, 0.2) is 0 Å². The third-order valence-electron chi connectivity index (χ3n) is 0.899. The molecule has 0 aliphatic rings. The summed E-state index contributed by atoms with van der Waals surface area (Å²) in [5.41, 5.74) is -12.2. The fraction of sp³-hybridized carbons (Fsp3) is 0.667. The van der Waals surface area contributed by atoms with Crippen molar-refractivity contribution in [3.63, 3.8) is 0 Å². The van der Waals surface area contributed by atoms with Crippen LogP contribution < -0.4 is 18.9 Å². The predicted molar refractivity (Wildman–Crippen MR) is 40.0 cm³/mol. The fourth-order valence-corrected chi connectivity index (χ4v) is 2.48. The number of hydrogen-bond donors (Lipinski definition) is 0. The summed E-state index contributed by atoms with van der Waals surface area (Å²) in [6.07, 6.45) is 0. The van der Waals surface area contributed by atoms with E-state index in [4.69, 9.17) is 0 Å². The van der Waals surface area contributed by atoms with Crippen molar-refractivity contribution in [1.82, 2.24) is 0 Å². The summed E-state index contributed by atoms with van der Waals surface area (Å²) in [5, 5.41) is -1.76. The van der Waals surface area contributed by atoms with Gasteiger partial charge in [0.1, 0.15) is 19.7 Å². The second-order valence-corrected chi connectivity index (χ2v) is 5.95. The molecule has 0 bridgehead atoms. The van der Waals surface area contributed by atoms with Gasteiger partial charge in [-0.2, -0.15) is 26.3 Å². The molecule has 0 unspecified atom stereocenters. The molecule has 0 fully saturated rings.